The molecule has 0 radical (unpaired) electrons. The van der Waals surface area contributed by atoms with E-state index in [4.69, 9.17) is 14.2 Å². The van der Waals surface area contributed by atoms with Crippen molar-refractivity contribution in [3.8, 4) is 0 Å². The first kappa shape index (κ1) is 71.9. The molecule has 0 aliphatic carbocycles. The SMILES string of the molecule is CCCCC/C=C\C/C=C\CCCCCCCCCC(=O)OC(COC(=O)CCCCCCCCCCCCC)COC(=O)CCCCCCCCCCCCCCCCCCCCCCCCCCCCCC. The van der Waals surface area contributed by atoms with Gasteiger partial charge in [-0.15, -0.1) is 0 Å². The van der Waals surface area contributed by atoms with Gasteiger partial charge in [-0.2, -0.15) is 0 Å². The molecule has 1 unspecified atom stereocenters. The van der Waals surface area contributed by atoms with Crippen molar-refractivity contribution in [2.75, 3.05) is 13.2 Å². The standard InChI is InChI=1S/C68H128O6/c1-4-7-10-13-16-19-22-24-26-28-29-30-31-32-33-34-35-36-37-38-40-41-43-46-49-52-55-58-61-67(70)73-64-65(63-72-66(69)60-57-54-51-48-45-21-18-15-12-9-6-3)74-68(71)62-59-56-53-50-47-44-42-39-27-25-23-20-17-14-11-8-5-2/h17,20,25,27,65H,4-16,18-19,21-24,26,28-64H2,1-3H3/b20-17-,27-25-. The van der Waals surface area contributed by atoms with Crippen LogP contribution in [0.25, 0.3) is 0 Å². The number of unbranched alkanes of at least 4 members (excludes halogenated alkanes) is 47. The number of hydrogen-bond donors (Lipinski definition) is 0. The molecule has 0 spiro atoms. The predicted molar refractivity (Wildman–Crippen MR) is 321 cm³/mol. The lowest BCUT2D eigenvalue weighted by Crippen LogP contribution is -2.30. The number of allylic oxidation sites excluding steroid dienone is 4. The molecular formula is C68H128O6. The lowest BCUT2D eigenvalue weighted by molar-refractivity contribution is -0.167. The first-order valence-electron chi connectivity index (χ1n) is 33.3. The summed E-state index contributed by atoms with van der Waals surface area (Å²) in [5, 5.41) is 0. The molecule has 0 fully saturated rings. The second kappa shape index (κ2) is 63.4. The molecule has 436 valence electrons. The molecule has 0 bridgehead atoms. The van der Waals surface area contributed by atoms with E-state index in [1.165, 1.54) is 263 Å². The van der Waals surface area contributed by atoms with Crippen LogP contribution in [0, 0.1) is 0 Å². The Bertz CT molecular complexity index is 1190. The molecule has 74 heavy (non-hydrogen) atoms. The molecule has 0 N–H and O–H groups in total. The predicted octanol–water partition coefficient (Wildman–Crippen LogP) is 22.6. The van der Waals surface area contributed by atoms with Gasteiger partial charge < -0.3 is 14.2 Å². The molecule has 1 atom stereocenters. The summed E-state index contributed by atoms with van der Waals surface area (Å²) in [6.07, 6.45) is 76.4. The monoisotopic (exact) mass is 1040 g/mol. The Morgan fingerprint density at radius 1 is 0.270 bits per heavy atom. The normalized spacial score (nSPS) is 12.1. The first-order chi connectivity index (χ1) is 36.5. The molecule has 6 nitrogen and oxygen atoms in total. The lowest BCUT2D eigenvalue weighted by Gasteiger charge is -2.18. The van der Waals surface area contributed by atoms with Gasteiger partial charge >= 0.3 is 17.9 Å². The van der Waals surface area contributed by atoms with Crippen molar-refractivity contribution in [3.05, 3.63) is 24.3 Å². The van der Waals surface area contributed by atoms with Crippen molar-refractivity contribution in [1.29, 1.82) is 0 Å². The third-order valence-corrected chi connectivity index (χ3v) is 15.2. The van der Waals surface area contributed by atoms with Crippen LogP contribution in [0.2, 0.25) is 0 Å². The molecule has 0 amide bonds. The van der Waals surface area contributed by atoms with Crippen LogP contribution in [0.15, 0.2) is 24.3 Å². The van der Waals surface area contributed by atoms with Crippen molar-refractivity contribution < 1.29 is 28.6 Å². The van der Waals surface area contributed by atoms with E-state index in [0.717, 1.165) is 70.6 Å². The quantitative estimate of drug-likeness (QED) is 0.0261. The number of carbonyl (C=O) groups excluding carboxylic acids is 3. The van der Waals surface area contributed by atoms with Crippen LogP contribution >= 0.6 is 0 Å². The van der Waals surface area contributed by atoms with Gasteiger partial charge in [0.15, 0.2) is 6.10 Å². The van der Waals surface area contributed by atoms with Gasteiger partial charge in [-0.05, 0) is 51.4 Å². The Labute approximate surface area is 462 Å². The summed E-state index contributed by atoms with van der Waals surface area (Å²) >= 11 is 0. The molecule has 0 aromatic rings. The minimum Gasteiger partial charge on any atom is -0.462 e. The van der Waals surface area contributed by atoms with Crippen molar-refractivity contribution in [1.82, 2.24) is 0 Å². The van der Waals surface area contributed by atoms with Crippen LogP contribution in [0.1, 0.15) is 374 Å². The minimum absolute atomic E-state index is 0.0687. The van der Waals surface area contributed by atoms with E-state index >= 15 is 0 Å². The van der Waals surface area contributed by atoms with Crippen LogP contribution < -0.4 is 0 Å². The maximum atomic E-state index is 12.9. The van der Waals surface area contributed by atoms with E-state index in [0.29, 0.717) is 19.3 Å². The number of rotatable bonds is 62. The van der Waals surface area contributed by atoms with Gasteiger partial charge in [0.1, 0.15) is 13.2 Å². The Morgan fingerprint density at radius 2 is 0.486 bits per heavy atom. The minimum atomic E-state index is -0.771. The molecule has 0 aromatic heterocycles. The van der Waals surface area contributed by atoms with E-state index in [2.05, 4.69) is 45.1 Å². The van der Waals surface area contributed by atoms with Crippen molar-refractivity contribution in [3.63, 3.8) is 0 Å². The van der Waals surface area contributed by atoms with Gasteiger partial charge in [-0.1, -0.05) is 328 Å². The summed E-state index contributed by atoms with van der Waals surface area (Å²) in [7, 11) is 0. The molecule has 6 heteroatoms. The molecule has 0 heterocycles. The third kappa shape index (κ3) is 60.8. The zero-order chi connectivity index (χ0) is 53.6. The second-order valence-corrected chi connectivity index (χ2v) is 22.7. The molecule has 0 rings (SSSR count). The molecule has 0 saturated heterocycles. The number of esters is 3. The summed E-state index contributed by atoms with van der Waals surface area (Å²) in [6, 6.07) is 0. The van der Waals surface area contributed by atoms with Crippen LogP contribution in [0.3, 0.4) is 0 Å². The van der Waals surface area contributed by atoms with Gasteiger partial charge in [-0.3, -0.25) is 14.4 Å². The maximum absolute atomic E-state index is 12.9. The van der Waals surface area contributed by atoms with Gasteiger partial charge in [-0.25, -0.2) is 0 Å². The largest absolute Gasteiger partial charge is 0.462 e. The van der Waals surface area contributed by atoms with Crippen LogP contribution in [-0.2, 0) is 28.6 Å². The fourth-order valence-electron chi connectivity index (χ4n) is 10.2. The zero-order valence-corrected chi connectivity index (χ0v) is 50.1. The highest BCUT2D eigenvalue weighted by molar-refractivity contribution is 5.71. The van der Waals surface area contributed by atoms with Crippen LogP contribution in [0.4, 0.5) is 0 Å². The van der Waals surface area contributed by atoms with E-state index in [1.807, 2.05) is 0 Å². The van der Waals surface area contributed by atoms with Crippen LogP contribution in [-0.4, -0.2) is 37.2 Å². The molecule has 0 aliphatic rings. The smallest absolute Gasteiger partial charge is 0.306 e. The molecule has 0 aromatic carbocycles. The highest BCUT2D eigenvalue weighted by Gasteiger charge is 2.19. The molecule has 0 aliphatic heterocycles. The number of carbonyl (C=O) groups is 3. The van der Waals surface area contributed by atoms with E-state index in [1.54, 1.807) is 0 Å². The van der Waals surface area contributed by atoms with Crippen LogP contribution in [0.5, 0.6) is 0 Å². The highest BCUT2D eigenvalue weighted by Crippen LogP contribution is 2.18. The summed E-state index contributed by atoms with van der Waals surface area (Å²) < 4.78 is 16.9. The Kier molecular flexibility index (Phi) is 61.6. The Morgan fingerprint density at radius 3 is 0.770 bits per heavy atom. The van der Waals surface area contributed by atoms with E-state index in [9.17, 15) is 14.4 Å². The van der Waals surface area contributed by atoms with Gasteiger partial charge in [0.25, 0.3) is 0 Å². The summed E-state index contributed by atoms with van der Waals surface area (Å²) in [4.78, 5) is 38.2. The highest BCUT2D eigenvalue weighted by atomic mass is 16.6. The van der Waals surface area contributed by atoms with Gasteiger partial charge in [0.2, 0.25) is 0 Å². The fourth-order valence-corrected chi connectivity index (χ4v) is 10.2. The zero-order valence-electron chi connectivity index (χ0n) is 50.1. The number of ether oxygens (including phenoxy) is 3. The Balaban J connectivity index is 4.13. The van der Waals surface area contributed by atoms with Crippen molar-refractivity contribution in [2.24, 2.45) is 0 Å². The Hall–Kier alpha value is -2.11. The van der Waals surface area contributed by atoms with Gasteiger partial charge in [0.05, 0.1) is 0 Å². The number of hydrogen-bond acceptors (Lipinski definition) is 6. The van der Waals surface area contributed by atoms with E-state index < -0.39 is 6.10 Å². The fraction of sp³-hybridized carbons (Fsp3) is 0.897. The topological polar surface area (TPSA) is 78.9 Å². The van der Waals surface area contributed by atoms with Crippen molar-refractivity contribution >= 4 is 17.9 Å². The average Bonchev–Trinajstić information content (AvgIpc) is 3.40. The summed E-state index contributed by atoms with van der Waals surface area (Å²) in [5.74, 6) is -0.851. The summed E-state index contributed by atoms with van der Waals surface area (Å²) in [5.41, 5.74) is 0. The molecular weight excluding hydrogens is 913 g/mol. The first-order valence-corrected chi connectivity index (χ1v) is 33.3. The third-order valence-electron chi connectivity index (χ3n) is 15.2. The average molecular weight is 1040 g/mol. The van der Waals surface area contributed by atoms with Crippen molar-refractivity contribution in [2.45, 2.75) is 380 Å². The van der Waals surface area contributed by atoms with E-state index in [-0.39, 0.29) is 31.1 Å². The second-order valence-electron chi connectivity index (χ2n) is 22.7. The lowest BCUT2D eigenvalue weighted by atomic mass is 10.0. The van der Waals surface area contributed by atoms with Gasteiger partial charge in [0, 0.05) is 19.3 Å². The molecule has 0 saturated carbocycles. The summed E-state index contributed by atoms with van der Waals surface area (Å²) in [6.45, 7) is 6.67. The maximum Gasteiger partial charge on any atom is 0.306 e.